The van der Waals surface area contributed by atoms with Crippen LogP contribution < -0.4 is 0 Å². The van der Waals surface area contributed by atoms with Crippen LogP contribution in [0.4, 0.5) is 0 Å². The lowest BCUT2D eigenvalue weighted by Crippen LogP contribution is -2.26. The molecular formula is C25H40O4. The number of hydrogen-bond donors (Lipinski definition) is 1. The Hall–Kier alpha value is -1.68. The predicted octanol–water partition coefficient (Wildman–Crippen LogP) is 5.85. The number of carbonyl (C=O) groups is 2. The lowest BCUT2D eigenvalue weighted by atomic mass is 9.83. The molecule has 1 unspecified atom stereocenters. The largest absolute Gasteiger partial charge is 0.460 e. The molecule has 1 rings (SSSR count). The molecule has 1 atom stereocenters. The maximum absolute atomic E-state index is 12.4. The summed E-state index contributed by atoms with van der Waals surface area (Å²) < 4.78 is 5.47. The molecule has 0 saturated carbocycles. The normalized spacial score (nSPS) is 13.2. The number of Topliss-reactive ketones (excluding diaryl/α,β-unsaturated/α-hetero) is 1. The van der Waals surface area contributed by atoms with Gasteiger partial charge in [0.2, 0.25) is 0 Å². The van der Waals surface area contributed by atoms with E-state index in [-0.39, 0.29) is 23.3 Å². The van der Waals surface area contributed by atoms with E-state index in [1.165, 1.54) is 0 Å². The number of carbonyl (C=O) groups excluding carboxylic acids is 2. The Morgan fingerprint density at radius 2 is 1.41 bits per heavy atom. The predicted molar refractivity (Wildman–Crippen MR) is 117 cm³/mol. The molecule has 0 heterocycles. The summed E-state index contributed by atoms with van der Waals surface area (Å²) in [4.78, 5) is 23.9. The van der Waals surface area contributed by atoms with E-state index in [1.807, 2.05) is 58.0 Å². The summed E-state index contributed by atoms with van der Waals surface area (Å²) in [6, 6.07) is 9.70. The SMILES string of the molecule is CC(=O)C(C)(C)CCCCC(O)CCCCC(C)(C)C(=O)OCc1ccccc1. The van der Waals surface area contributed by atoms with Crippen LogP contribution in [0, 0.1) is 10.8 Å². The van der Waals surface area contributed by atoms with Crippen LogP contribution in [0.25, 0.3) is 0 Å². The van der Waals surface area contributed by atoms with Crippen LogP contribution in [-0.2, 0) is 20.9 Å². The smallest absolute Gasteiger partial charge is 0.311 e. The monoisotopic (exact) mass is 404 g/mol. The number of rotatable bonds is 14. The number of unbranched alkanes of at least 4 members (excludes halogenated alkanes) is 2. The lowest BCUT2D eigenvalue weighted by molar-refractivity contribution is -0.155. The molecule has 0 aliphatic rings. The van der Waals surface area contributed by atoms with Crippen molar-refractivity contribution >= 4 is 11.8 Å². The van der Waals surface area contributed by atoms with Gasteiger partial charge in [-0.1, -0.05) is 69.9 Å². The van der Waals surface area contributed by atoms with Gasteiger partial charge in [0.15, 0.2) is 0 Å². The molecule has 0 amide bonds. The highest BCUT2D eigenvalue weighted by Crippen LogP contribution is 2.27. The maximum Gasteiger partial charge on any atom is 0.311 e. The van der Waals surface area contributed by atoms with Crippen molar-refractivity contribution in [2.45, 2.75) is 98.7 Å². The number of aliphatic hydroxyl groups is 1. The molecule has 0 aliphatic carbocycles. The Bertz CT molecular complexity index is 619. The molecule has 0 bridgehead atoms. The molecule has 0 spiro atoms. The second kappa shape index (κ2) is 12.1. The van der Waals surface area contributed by atoms with E-state index in [0.717, 1.165) is 56.9 Å². The first-order chi connectivity index (χ1) is 13.5. The van der Waals surface area contributed by atoms with E-state index in [4.69, 9.17) is 4.74 Å². The molecule has 0 saturated heterocycles. The molecule has 164 valence electrons. The Kier molecular flexibility index (Phi) is 10.6. The lowest BCUT2D eigenvalue weighted by Gasteiger charge is -2.23. The van der Waals surface area contributed by atoms with E-state index in [2.05, 4.69) is 0 Å². The summed E-state index contributed by atoms with van der Waals surface area (Å²) in [5, 5.41) is 10.2. The summed E-state index contributed by atoms with van der Waals surface area (Å²) in [6.45, 7) is 9.77. The Balaban J connectivity index is 2.18. The number of ketones is 1. The summed E-state index contributed by atoms with van der Waals surface area (Å²) in [7, 11) is 0. The molecule has 0 radical (unpaired) electrons. The van der Waals surface area contributed by atoms with Gasteiger partial charge in [-0.2, -0.15) is 0 Å². The topological polar surface area (TPSA) is 63.6 Å². The van der Waals surface area contributed by atoms with Crippen molar-refractivity contribution in [1.82, 2.24) is 0 Å². The van der Waals surface area contributed by atoms with Gasteiger partial charge < -0.3 is 9.84 Å². The number of benzene rings is 1. The zero-order chi connectivity index (χ0) is 21.9. The summed E-state index contributed by atoms with van der Waals surface area (Å²) >= 11 is 0. The van der Waals surface area contributed by atoms with E-state index in [1.54, 1.807) is 6.92 Å². The first-order valence-corrected chi connectivity index (χ1v) is 10.9. The van der Waals surface area contributed by atoms with Gasteiger partial charge in [-0.05, 0) is 52.0 Å². The van der Waals surface area contributed by atoms with Crippen molar-refractivity contribution in [3.63, 3.8) is 0 Å². The first kappa shape index (κ1) is 25.4. The van der Waals surface area contributed by atoms with Crippen LogP contribution in [0.15, 0.2) is 30.3 Å². The van der Waals surface area contributed by atoms with Crippen molar-refractivity contribution in [3.05, 3.63) is 35.9 Å². The average molecular weight is 405 g/mol. The standard InChI is InChI=1S/C25H40O4/c1-20(26)24(2,3)17-11-9-15-22(27)16-10-12-18-25(4,5)23(28)29-19-21-13-7-6-8-14-21/h6-8,13-14,22,27H,9-12,15-19H2,1-5H3. The molecule has 0 aromatic heterocycles. The molecular weight excluding hydrogens is 364 g/mol. The van der Waals surface area contributed by atoms with Gasteiger partial charge in [0.05, 0.1) is 11.5 Å². The number of aliphatic hydroxyl groups excluding tert-OH is 1. The highest BCUT2D eigenvalue weighted by atomic mass is 16.5. The zero-order valence-corrected chi connectivity index (χ0v) is 19.0. The molecule has 0 fully saturated rings. The van der Waals surface area contributed by atoms with E-state index < -0.39 is 5.41 Å². The van der Waals surface area contributed by atoms with E-state index in [0.29, 0.717) is 6.61 Å². The quantitative estimate of drug-likeness (QED) is 0.312. The fraction of sp³-hybridized carbons (Fsp3) is 0.680. The minimum atomic E-state index is -0.516. The van der Waals surface area contributed by atoms with Gasteiger partial charge in [-0.15, -0.1) is 0 Å². The van der Waals surface area contributed by atoms with Crippen molar-refractivity contribution in [2.75, 3.05) is 0 Å². The highest BCUT2D eigenvalue weighted by molar-refractivity contribution is 5.81. The summed E-state index contributed by atoms with van der Waals surface area (Å²) in [6.07, 6.45) is 6.54. The maximum atomic E-state index is 12.4. The van der Waals surface area contributed by atoms with Crippen LogP contribution in [0.2, 0.25) is 0 Å². The molecule has 1 aromatic carbocycles. The highest BCUT2D eigenvalue weighted by Gasteiger charge is 2.29. The number of ether oxygens (including phenoxy) is 1. The van der Waals surface area contributed by atoms with Crippen LogP contribution in [0.5, 0.6) is 0 Å². The molecule has 4 nitrogen and oxygen atoms in total. The minimum Gasteiger partial charge on any atom is -0.460 e. The number of hydrogen-bond acceptors (Lipinski definition) is 4. The van der Waals surface area contributed by atoms with Gasteiger partial charge >= 0.3 is 5.97 Å². The van der Waals surface area contributed by atoms with Crippen molar-refractivity contribution < 1.29 is 19.4 Å². The van der Waals surface area contributed by atoms with Gasteiger partial charge in [0.1, 0.15) is 12.4 Å². The molecule has 4 heteroatoms. The summed E-state index contributed by atoms with van der Waals surface area (Å²) in [5.41, 5.74) is 0.218. The van der Waals surface area contributed by atoms with Crippen molar-refractivity contribution in [3.8, 4) is 0 Å². The van der Waals surface area contributed by atoms with Crippen molar-refractivity contribution in [1.29, 1.82) is 0 Å². The second-order valence-electron chi connectivity index (χ2n) is 9.53. The van der Waals surface area contributed by atoms with Gasteiger partial charge in [-0.25, -0.2) is 0 Å². The average Bonchev–Trinajstić information content (AvgIpc) is 2.67. The van der Waals surface area contributed by atoms with Crippen LogP contribution >= 0.6 is 0 Å². The fourth-order valence-corrected chi connectivity index (χ4v) is 3.23. The number of esters is 1. The third-order valence-corrected chi connectivity index (χ3v) is 5.90. The third-order valence-electron chi connectivity index (χ3n) is 5.90. The summed E-state index contributed by atoms with van der Waals surface area (Å²) in [5.74, 6) is 0.0537. The van der Waals surface area contributed by atoms with Crippen LogP contribution in [0.1, 0.15) is 91.5 Å². The molecule has 29 heavy (non-hydrogen) atoms. The van der Waals surface area contributed by atoms with Gasteiger partial charge in [0, 0.05) is 5.41 Å². The van der Waals surface area contributed by atoms with Crippen LogP contribution in [-0.4, -0.2) is 23.0 Å². The third kappa shape index (κ3) is 10.1. The fourth-order valence-electron chi connectivity index (χ4n) is 3.23. The molecule has 1 N–H and O–H groups in total. The first-order valence-electron chi connectivity index (χ1n) is 10.9. The molecule has 0 aliphatic heterocycles. The van der Waals surface area contributed by atoms with Gasteiger partial charge in [0.25, 0.3) is 0 Å². The zero-order valence-electron chi connectivity index (χ0n) is 19.0. The van der Waals surface area contributed by atoms with E-state index in [9.17, 15) is 14.7 Å². The minimum absolute atomic E-state index is 0.171. The molecule has 1 aromatic rings. The van der Waals surface area contributed by atoms with Crippen molar-refractivity contribution in [2.24, 2.45) is 10.8 Å². The Morgan fingerprint density at radius 3 is 1.93 bits per heavy atom. The second-order valence-corrected chi connectivity index (χ2v) is 9.53. The van der Waals surface area contributed by atoms with Gasteiger partial charge in [-0.3, -0.25) is 9.59 Å². The Labute approximate surface area is 177 Å². The van der Waals surface area contributed by atoms with Crippen LogP contribution in [0.3, 0.4) is 0 Å². The van der Waals surface area contributed by atoms with E-state index >= 15 is 0 Å². The Morgan fingerprint density at radius 1 is 0.897 bits per heavy atom.